The molecule has 0 N–H and O–H groups in total. The van der Waals surface area contributed by atoms with Crippen LogP contribution in [0.15, 0.2) is 18.5 Å². The van der Waals surface area contributed by atoms with Crippen molar-refractivity contribution in [2.75, 3.05) is 39.0 Å². The van der Waals surface area contributed by atoms with Crippen LogP contribution in [0.5, 0.6) is 6.01 Å². The number of likely N-dealkylation sites (tertiary alicyclic amines) is 1. The number of sulfonamides is 1. The van der Waals surface area contributed by atoms with Crippen molar-refractivity contribution in [3.8, 4) is 6.01 Å². The summed E-state index contributed by atoms with van der Waals surface area (Å²) in [5.41, 5.74) is 0. The number of carbonyl (C=O) groups excluding carboxylic acids is 1. The van der Waals surface area contributed by atoms with Crippen LogP contribution in [-0.4, -0.2) is 72.5 Å². The van der Waals surface area contributed by atoms with Crippen molar-refractivity contribution in [2.45, 2.75) is 25.7 Å². The van der Waals surface area contributed by atoms with E-state index in [1.165, 1.54) is 10.6 Å². The SMILES string of the molecule is CS(=O)(=O)N1CCC(C(=O)N2CCC(COc3ncccn3)CC2)CC1. The Hall–Kier alpha value is -1.74. The van der Waals surface area contributed by atoms with Gasteiger partial charge in [-0.3, -0.25) is 4.79 Å². The van der Waals surface area contributed by atoms with Gasteiger partial charge in [0.25, 0.3) is 0 Å². The largest absolute Gasteiger partial charge is 0.463 e. The Labute approximate surface area is 154 Å². The molecule has 0 atom stereocenters. The zero-order chi connectivity index (χ0) is 18.6. The van der Waals surface area contributed by atoms with Gasteiger partial charge in [0.15, 0.2) is 0 Å². The average molecular weight is 382 g/mol. The number of hydrogen-bond donors (Lipinski definition) is 0. The minimum Gasteiger partial charge on any atom is -0.463 e. The molecule has 144 valence electrons. The van der Waals surface area contributed by atoms with Crippen LogP contribution in [0.1, 0.15) is 25.7 Å². The smallest absolute Gasteiger partial charge is 0.316 e. The predicted molar refractivity (Wildman–Crippen MR) is 96.0 cm³/mol. The quantitative estimate of drug-likeness (QED) is 0.747. The summed E-state index contributed by atoms with van der Waals surface area (Å²) in [6, 6.07) is 2.14. The Balaban J connectivity index is 1.41. The molecule has 0 unspecified atom stereocenters. The lowest BCUT2D eigenvalue weighted by Gasteiger charge is -2.36. The van der Waals surface area contributed by atoms with Gasteiger partial charge in [-0.1, -0.05) is 0 Å². The fourth-order valence-corrected chi connectivity index (χ4v) is 4.44. The topological polar surface area (TPSA) is 92.7 Å². The molecule has 0 bridgehead atoms. The van der Waals surface area contributed by atoms with Crippen molar-refractivity contribution in [2.24, 2.45) is 11.8 Å². The van der Waals surface area contributed by atoms with Crippen LogP contribution in [0.4, 0.5) is 0 Å². The second kappa shape index (κ2) is 8.30. The van der Waals surface area contributed by atoms with Crippen molar-refractivity contribution in [1.82, 2.24) is 19.2 Å². The number of carbonyl (C=O) groups is 1. The molecule has 1 aromatic rings. The van der Waals surface area contributed by atoms with Gasteiger partial charge in [-0.15, -0.1) is 0 Å². The molecule has 0 spiro atoms. The number of piperidine rings is 2. The van der Waals surface area contributed by atoms with Crippen LogP contribution in [0.2, 0.25) is 0 Å². The van der Waals surface area contributed by atoms with E-state index in [-0.39, 0.29) is 11.8 Å². The Bertz CT molecular complexity index is 697. The lowest BCUT2D eigenvalue weighted by Crippen LogP contribution is -2.46. The molecule has 26 heavy (non-hydrogen) atoms. The van der Waals surface area contributed by atoms with E-state index in [0.717, 1.165) is 25.9 Å². The van der Waals surface area contributed by atoms with E-state index in [0.29, 0.717) is 44.5 Å². The van der Waals surface area contributed by atoms with E-state index in [9.17, 15) is 13.2 Å². The Morgan fingerprint density at radius 1 is 1.12 bits per heavy atom. The first-order valence-corrected chi connectivity index (χ1v) is 10.9. The monoisotopic (exact) mass is 382 g/mol. The Morgan fingerprint density at radius 3 is 2.31 bits per heavy atom. The van der Waals surface area contributed by atoms with Crippen LogP contribution >= 0.6 is 0 Å². The van der Waals surface area contributed by atoms with Gasteiger partial charge >= 0.3 is 6.01 Å². The lowest BCUT2D eigenvalue weighted by atomic mass is 9.93. The minimum atomic E-state index is -3.15. The van der Waals surface area contributed by atoms with Crippen LogP contribution in [0.25, 0.3) is 0 Å². The highest BCUT2D eigenvalue weighted by Crippen LogP contribution is 2.25. The molecule has 3 rings (SSSR count). The highest BCUT2D eigenvalue weighted by Gasteiger charge is 2.33. The second-order valence-electron chi connectivity index (χ2n) is 7.05. The maximum Gasteiger partial charge on any atom is 0.316 e. The lowest BCUT2D eigenvalue weighted by molar-refractivity contribution is -0.138. The van der Waals surface area contributed by atoms with Gasteiger partial charge in [-0.05, 0) is 37.7 Å². The highest BCUT2D eigenvalue weighted by atomic mass is 32.2. The van der Waals surface area contributed by atoms with E-state index >= 15 is 0 Å². The first-order chi connectivity index (χ1) is 12.4. The molecule has 2 saturated heterocycles. The van der Waals surface area contributed by atoms with Gasteiger partial charge in [0.2, 0.25) is 15.9 Å². The third-order valence-electron chi connectivity index (χ3n) is 5.19. The van der Waals surface area contributed by atoms with Gasteiger partial charge in [0.1, 0.15) is 0 Å². The zero-order valence-electron chi connectivity index (χ0n) is 15.1. The summed E-state index contributed by atoms with van der Waals surface area (Å²) in [7, 11) is -3.15. The summed E-state index contributed by atoms with van der Waals surface area (Å²) in [5, 5.41) is 0. The number of ether oxygens (including phenoxy) is 1. The summed E-state index contributed by atoms with van der Waals surface area (Å²) in [6.07, 6.45) is 7.56. The summed E-state index contributed by atoms with van der Waals surface area (Å²) < 4.78 is 30.2. The molecule has 0 saturated carbocycles. The molecule has 9 heteroatoms. The van der Waals surface area contributed by atoms with Gasteiger partial charge in [-0.2, -0.15) is 0 Å². The number of rotatable bonds is 5. The molecule has 0 radical (unpaired) electrons. The van der Waals surface area contributed by atoms with E-state index in [4.69, 9.17) is 4.74 Å². The Morgan fingerprint density at radius 2 is 1.73 bits per heavy atom. The van der Waals surface area contributed by atoms with E-state index in [2.05, 4.69) is 9.97 Å². The molecule has 8 nitrogen and oxygen atoms in total. The molecule has 1 amide bonds. The third-order valence-corrected chi connectivity index (χ3v) is 6.49. The maximum atomic E-state index is 12.7. The van der Waals surface area contributed by atoms with E-state index in [1.54, 1.807) is 18.5 Å². The van der Waals surface area contributed by atoms with Gasteiger partial charge in [-0.25, -0.2) is 22.7 Å². The molecule has 3 heterocycles. The van der Waals surface area contributed by atoms with Crippen LogP contribution in [0, 0.1) is 11.8 Å². The third kappa shape index (κ3) is 4.91. The Kier molecular flexibility index (Phi) is 6.08. The molecule has 2 fully saturated rings. The number of nitrogens with zero attached hydrogens (tertiary/aromatic N) is 4. The van der Waals surface area contributed by atoms with Crippen molar-refractivity contribution in [3.05, 3.63) is 18.5 Å². The highest BCUT2D eigenvalue weighted by molar-refractivity contribution is 7.88. The molecule has 1 aromatic heterocycles. The van der Waals surface area contributed by atoms with Crippen LogP contribution in [-0.2, 0) is 14.8 Å². The van der Waals surface area contributed by atoms with E-state index in [1.807, 2.05) is 4.90 Å². The molecule has 2 aliphatic rings. The number of amides is 1. The fraction of sp³-hybridized carbons (Fsp3) is 0.706. The number of aromatic nitrogens is 2. The summed E-state index contributed by atoms with van der Waals surface area (Å²) in [4.78, 5) is 22.7. The molecule has 2 aliphatic heterocycles. The van der Waals surface area contributed by atoms with Crippen molar-refractivity contribution < 1.29 is 17.9 Å². The van der Waals surface area contributed by atoms with Crippen molar-refractivity contribution in [3.63, 3.8) is 0 Å². The normalized spacial score (nSPS) is 20.9. The van der Waals surface area contributed by atoms with Crippen LogP contribution < -0.4 is 4.74 Å². The predicted octanol–water partition coefficient (Wildman–Crippen LogP) is 0.766. The van der Waals surface area contributed by atoms with Gasteiger partial charge in [0.05, 0.1) is 12.9 Å². The second-order valence-corrected chi connectivity index (χ2v) is 9.03. The fourth-order valence-electron chi connectivity index (χ4n) is 3.56. The molecular formula is C17H26N4O4S. The molecular weight excluding hydrogens is 356 g/mol. The number of hydrogen-bond acceptors (Lipinski definition) is 6. The molecule has 0 aliphatic carbocycles. The summed E-state index contributed by atoms with van der Waals surface area (Å²) >= 11 is 0. The van der Waals surface area contributed by atoms with E-state index < -0.39 is 10.0 Å². The maximum absolute atomic E-state index is 12.7. The van der Waals surface area contributed by atoms with Crippen molar-refractivity contribution in [1.29, 1.82) is 0 Å². The van der Waals surface area contributed by atoms with Gasteiger partial charge in [0, 0.05) is 44.5 Å². The standard InChI is InChI=1S/C17H26N4O4S/c1-26(23,24)21-11-5-15(6-12-21)16(22)20-9-3-14(4-10-20)13-25-17-18-7-2-8-19-17/h2,7-8,14-15H,3-6,9-13H2,1H3. The van der Waals surface area contributed by atoms with Crippen molar-refractivity contribution >= 4 is 15.9 Å². The van der Waals surface area contributed by atoms with Crippen LogP contribution in [0.3, 0.4) is 0 Å². The van der Waals surface area contributed by atoms with Gasteiger partial charge < -0.3 is 9.64 Å². The summed E-state index contributed by atoms with van der Waals surface area (Å²) in [5.74, 6) is 0.511. The first kappa shape index (κ1) is 19.0. The molecule has 0 aromatic carbocycles. The first-order valence-electron chi connectivity index (χ1n) is 9.07. The zero-order valence-corrected chi connectivity index (χ0v) is 15.9. The minimum absolute atomic E-state index is 0.0569. The summed E-state index contributed by atoms with van der Waals surface area (Å²) in [6.45, 7) is 2.91. The average Bonchev–Trinajstić information content (AvgIpc) is 2.66.